The lowest BCUT2D eigenvalue weighted by Gasteiger charge is -2.27. The normalized spacial score (nSPS) is 12.3. The zero-order chi connectivity index (χ0) is 36.1. The molecule has 5 aromatic carbocycles. The second kappa shape index (κ2) is 15.4. The van der Waals surface area contributed by atoms with Gasteiger partial charge in [-0.05, 0) is 58.7 Å². The summed E-state index contributed by atoms with van der Waals surface area (Å²) >= 11 is 0. The van der Waals surface area contributed by atoms with Gasteiger partial charge in [-0.2, -0.15) is 21.6 Å². The Balaban J connectivity index is 0.000000544. The molecule has 6 rings (SSSR count). The number of nitrogens with zero attached hydrogens (tertiary/aromatic N) is 1. The summed E-state index contributed by atoms with van der Waals surface area (Å²) in [6, 6.07) is 43.4. The third kappa shape index (κ3) is 7.65. The van der Waals surface area contributed by atoms with Crippen LogP contribution in [0, 0.1) is 0 Å². The van der Waals surface area contributed by atoms with Crippen molar-refractivity contribution in [1.82, 2.24) is 4.57 Å². The van der Waals surface area contributed by atoms with E-state index in [9.17, 15) is 13.2 Å². The number of ether oxygens (including phenoxy) is 3. The van der Waals surface area contributed by atoms with Crippen molar-refractivity contribution in [2.45, 2.75) is 11.4 Å². The van der Waals surface area contributed by atoms with Crippen LogP contribution in [0.25, 0.3) is 10.9 Å². The van der Waals surface area contributed by atoms with Crippen molar-refractivity contribution in [3.63, 3.8) is 0 Å². The summed E-state index contributed by atoms with van der Waals surface area (Å²) in [6.45, 7) is 0. The van der Waals surface area contributed by atoms with Gasteiger partial charge in [0.2, 0.25) is 5.75 Å². The van der Waals surface area contributed by atoms with Crippen LogP contribution in [0.4, 0.5) is 13.2 Å². The minimum Gasteiger partial charge on any atom is -0.493 e. The van der Waals surface area contributed by atoms with Crippen LogP contribution in [0.3, 0.4) is 0 Å². The number of aryl methyl sites for hydroxylation is 1. The summed E-state index contributed by atoms with van der Waals surface area (Å²) in [6.07, 6.45) is 2.27. The lowest BCUT2D eigenvalue weighted by Crippen LogP contribution is -2.25. The fourth-order valence-corrected chi connectivity index (χ4v) is 8.41. The van der Waals surface area contributed by atoms with E-state index in [1.54, 1.807) is 21.3 Å². The van der Waals surface area contributed by atoms with Gasteiger partial charge in [0.15, 0.2) is 11.5 Å². The minimum absolute atomic E-state index is 0.0987. The minimum atomic E-state index is -5.84. The first kappa shape index (κ1) is 36.5. The second-order valence-electron chi connectivity index (χ2n) is 11.1. The summed E-state index contributed by atoms with van der Waals surface area (Å²) in [5.41, 5.74) is -0.791. The van der Waals surface area contributed by atoms with Gasteiger partial charge in [-0.1, -0.05) is 103 Å². The molecule has 6 aromatic rings. The molecule has 1 atom stereocenters. The topological polar surface area (TPSA) is 87.0 Å². The first-order valence-corrected chi connectivity index (χ1v) is 18.0. The van der Waals surface area contributed by atoms with Crippen LogP contribution in [0.2, 0.25) is 0 Å². The number of fused-ring (bicyclic) bond motifs is 1. The molecule has 0 aliphatic rings. The zero-order valence-corrected chi connectivity index (χ0v) is 29.3. The van der Waals surface area contributed by atoms with E-state index in [4.69, 9.17) is 27.2 Å². The Labute approximate surface area is 290 Å². The Morgan fingerprint density at radius 2 is 1.18 bits per heavy atom. The van der Waals surface area contributed by atoms with Gasteiger partial charge in [0.1, 0.15) is 0 Å². The Hall–Kier alpha value is -4.83. The molecular formula is C38H35F3NO6PS. The molecule has 0 radical (unpaired) electrons. The fraction of sp³-hybridized carbons (Fsp3) is 0.158. The van der Waals surface area contributed by atoms with Gasteiger partial charge < -0.3 is 18.8 Å². The number of aromatic nitrogens is 1. The predicted octanol–water partition coefficient (Wildman–Crippen LogP) is 7.54. The monoisotopic (exact) mass is 721 g/mol. The van der Waals surface area contributed by atoms with Crippen molar-refractivity contribution in [3.8, 4) is 17.2 Å². The van der Waals surface area contributed by atoms with Gasteiger partial charge in [0.05, 0.1) is 21.3 Å². The molecular weight excluding hydrogens is 686 g/mol. The standard InChI is InChI=1S/C37H34NO3P.CHF3O3S/c1-38-25-31(29-19-11-13-21-32(29)38)36(26-23-33(39-2)37(41-4)34(24-26)40-3)30-20-12-14-22-35(30)42(27-15-7-5-8-16-27)28-17-9-6-10-18-28;2-1(3,4)8(5,6)7/h5-25,36H,1-4H3;(H,5,6,7). The lowest BCUT2D eigenvalue weighted by atomic mass is 9.84. The van der Waals surface area contributed by atoms with E-state index < -0.39 is 23.5 Å². The smallest absolute Gasteiger partial charge is 0.493 e. The molecule has 50 heavy (non-hydrogen) atoms. The van der Waals surface area contributed by atoms with Crippen molar-refractivity contribution in [2.24, 2.45) is 7.05 Å². The molecule has 0 amide bonds. The molecule has 12 heteroatoms. The van der Waals surface area contributed by atoms with Crippen LogP contribution in [-0.4, -0.2) is 44.4 Å². The van der Waals surface area contributed by atoms with E-state index >= 15 is 0 Å². The van der Waals surface area contributed by atoms with E-state index in [-0.39, 0.29) is 5.92 Å². The maximum atomic E-state index is 10.7. The van der Waals surface area contributed by atoms with E-state index in [1.807, 2.05) is 0 Å². The number of hydrogen-bond acceptors (Lipinski definition) is 5. The van der Waals surface area contributed by atoms with Crippen molar-refractivity contribution in [3.05, 3.63) is 144 Å². The van der Waals surface area contributed by atoms with Gasteiger partial charge in [0.25, 0.3) is 0 Å². The van der Waals surface area contributed by atoms with Gasteiger partial charge in [0, 0.05) is 30.1 Å². The van der Waals surface area contributed by atoms with Gasteiger partial charge >= 0.3 is 15.6 Å². The Morgan fingerprint density at radius 3 is 1.68 bits per heavy atom. The number of benzene rings is 5. The van der Waals surface area contributed by atoms with Crippen LogP contribution in [0.15, 0.2) is 128 Å². The SMILES string of the molecule is COc1cc(C(c2ccccc2P(c2ccccc2)c2ccccc2)c2cn(C)c3ccccc23)cc(OC)c1OC.O=S(=O)(O)C(F)(F)F. The van der Waals surface area contributed by atoms with Crippen molar-refractivity contribution in [1.29, 1.82) is 0 Å². The molecule has 1 heterocycles. The highest BCUT2D eigenvalue weighted by Crippen LogP contribution is 2.46. The average molecular weight is 722 g/mol. The third-order valence-corrected chi connectivity index (χ3v) is 11.2. The number of rotatable bonds is 9. The molecule has 0 aliphatic heterocycles. The maximum Gasteiger partial charge on any atom is 0.522 e. The van der Waals surface area contributed by atoms with Gasteiger partial charge in [-0.3, -0.25) is 4.55 Å². The molecule has 1 N–H and O–H groups in total. The molecule has 7 nitrogen and oxygen atoms in total. The largest absolute Gasteiger partial charge is 0.522 e. The summed E-state index contributed by atoms with van der Waals surface area (Å²) in [5, 5.41) is 5.16. The number of halogens is 3. The summed E-state index contributed by atoms with van der Waals surface area (Å²) in [5.74, 6) is 1.77. The Bertz CT molecular complexity index is 2110. The maximum absolute atomic E-state index is 10.7. The van der Waals surface area contributed by atoms with Gasteiger partial charge in [-0.15, -0.1) is 0 Å². The highest BCUT2D eigenvalue weighted by atomic mass is 32.2. The van der Waals surface area contributed by atoms with E-state index in [2.05, 4.69) is 139 Å². The number of hydrogen-bond donors (Lipinski definition) is 1. The quantitative estimate of drug-likeness (QED) is 0.0944. The first-order chi connectivity index (χ1) is 23.9. The predicted molar refractivity (Wildman–Crippen MR) is 193 cm³/mol. The summed E-state index contributed by atoms with van der Waals surface area (Å²) in [7, 11) is 0.422. The molecule has 0 aliphatic carbocycles. The summed E-state index contributed by atoms with van der Waals surface area (Å²) < 4.78 is 77.2. The molecule has 0 fully saturated rings. The van der Waals surface area contributed by atoms with Crippen LogP contribution in [-0.2, 0) is 17.2 Å². The zero-order valence-electron chi connectivity index (χ0n) is 27.6. The molecule has 0 saturated carbocycles. The Kier molecular flexibility index (Phi) is 11.2. The highest BCUT2D eigenvalue weighted by molar-refractivity contribution is 7.86. The van der Waals surface area contributed by atoms with Crippen molar-refractivity contribution >= 4 is 44.9 Å². The fourth-order valence-electron chi connectivity index (χ4n) is 5.91. The molecule has 1 unspecified atom stereocenters. The van der Waals surface area contributed by atoms with Crippen LogP contribution < -0.4 is 30.1 Å². The first-order valence-electron chi connectivity index (χ1n) is 15.3. The van der Waals surface area contributed by atoms with Crippen molar-refractivity contribution in [2.75, 3.05) is 21.3 Å². The number of para-hydroxylation sites is 1. The molecule has 0 spiro atoms. The van der Waals surface area contributed by atoms with Crippen LogP contribution in [0.5, 0.6) is 17.2 Å². The molecule has 0 bridgehead atoms. The van der Waals surface area contributed by atoms with Crippen molar-refractivity contribution < 1.29 is 40.4 Å². The average Bonchev–Trinajstić information content (AvgIpc) is 3.44. The Morgan fingerprint density at radius 1 is 0.700 bits per heavy atom. The van der Waals surface area contributed by atoms with Crippen LogP contribution >= 0.6 is 7.92 Å². The summed E-state index contributed by atoms with van der Waals surface area (Å²) in [4.78, 5) is 0. The van der Waals surface area contributed by atoms with E-state index in [0.29, 0.717) is 17.2 Å². The van der Waals surface area contributed by atoms with Gasteiger partial charge in [-0.25, -0.2) is 0 Å². The van der Waals surface area contributed by atoms with E-state index in [1.165, 1.54) is 37.9 Å². The molecule has 0 saturated heterocycles. The lowest BCUT2D eigenvalue weighted by molar-refractivity contribution is -0.0510. The van der Waals surface area contributed by atoms with E-state index in [0.717, 1.165) is 5.56 Å². The number of methoxy groups -OCH3 is 3. The third-order valence-electron chi connectivity index (χ3n) is 8.07. The second-order valence-corrected chi connectivity index (χ2v) is 14.7. The molecule has 260 valence electrons. The molecule has 1 aromatic heterocycles. The highest BCUT2D eigenvalue weighted by Gasteiger charge is 2.44. The number of alkyl halides is 3. The van der Waals surface area contributed by atoms with Crippen LogP contribution in [0.1, 0.15) is 22.6 Å².